The van der Waals surface area contributed by atoms with E-state index in [4.69, 9.17) is 15.7 Å². The van der Waals surface area contributed by atoms with Crippen LogP contribution in [0, 0.1) is 11.3 Å². The minimum atomic E-state index is 0.116. The molecule has 0 aliphatic heterocycles. The molecule has 1 rings (SSSR count). The Bertz CT molecular complexity index is 402. The molecule has 0 amide bonds. The Morgan fingerprint density at radius 1 is 1.41 bits per heavy atom. The van der Waals surface area contributed by atoms with Crippen molar-refractivity contribution in [3.05, 3.63) is 0 Å². The average Bonchev–Trinajstić information content (AvgIpc) is 2.32. The topological polar surface area (TPSA) is 101 Å². The van der Waals surface area contributed by atoms with Crippen molar-refractivity contribution in [1.29, 1.82) is 5.26 Å². The number of hydrogen-bond acceptors (Lipinski definition) is 7. The summed E-state index contributed by atoms with van der Waals surface area (Å²) in [5.74, 6) is 0.531. The van der Waals surface area contributed by atoms with Gasteiger partial charge in [0, 0.05) is 13.6 Å². The highest BCUT2D eigenvalue weighted by molar-refractivity contribution is 5.34. The molecule has 2 N–H and O–H groups in total. The molecule has 0 spiro atoms. The van der Waals surface area contributed by atoms with E-state index in [0.29, 0.717) is 25.5 Å². The second-order valence-corrected chi connectivity index (χ2v) is 3.45. The van der Waals surface area contributed by atoms with Crippen LogP contribution < -0.4 is 15.4 Å². The summed E-state index contributed by atoms with van der Waals surface area (Å²) in [6.07, 6.45) is 1.26. The van der Waals surface area contributed by atoms with E-state index in [2.05, 4.69) is 21.0 Å². The van der Waals surface area contributed by atoms with E-state index in [0.717, 1.165) is 6.42 Å². The first-order chi connectivity index (χ1) is 8.17. The van der Waals surface area contributed by atoms with Crippen LogP contribution in [0.5, 0.6) is 6.01 Å². The van der Waals surface area contributed by atoms with E-state index in [9.17, 15) is 0 Å². The van der Waals surface area contributed by atoms with Gasteiger partial charge in [0.15, 0.2) is 0 Å². The van der Waals surface area contributed by atoms with Crippen molar-refractivity contribution in [3.63, 3.8) is 0 Å². The van der Waals surface area contributed by atoms with Gasteiger partial charge in [-0.25, -0.2) is 0 Å². The van der Waals surface area contributed by atoms with E-state index in [-0.39, 0.29) is 12.0 Å². The standard InChI is InChI=1S/C10H16N6O/c1-3-7-17-10-14-8(12)13-9(15-10)16(2)6-4-5-11/h3-4,6-7H2,1-2H3,(H2,12,13,14,15). The number of anilines is 2. The molecule has 1 aromatic rings. The molecule has 0 aliphatic carbocycles. The lowest BCUT2D eigenvalue weighted by atomic mass is 10.4. The Balaban J connectivity index is 2.77. The predicted octanol–water partition coefficient (Wildman–Crippen LogP) is 0.592. The Kier molecular flexibility index (Phi) is 4.94. The van der Waals surface area contributed by atoms with Gasteiger partial charge >= 0.3 is 6.01 Å². The van der Waals surface area contributed by atoms with E-state index in [1.807, 2.05) is 6.92 Å². The van der Waals surface area contributed by atoms with Crippen molar-refractivity contribution in [2.45, 2.75) is 19.8 Å². The maximum absolute atomic E-state index is 8.51. The van der Waals surface area contributed by atoms with Gasteiger partial charge in [0.1, 0.15) is 0 Å². The molecule has 7 nitrogen and oxygen atoms in total. The van der Waals surface area contributed by atoms with Gasteiger partial charge in [-0.05, 0) is 6.42 Å². The molecule has 0 unspecified atom stereocenters. The Morgan fingerprint density at radius 2 is 2.18 bits per heavy atom. The summed E-state index contributed by atoms with van der Waals surface area (Å²) < 4.78 is 5.30. The van der Waals surface area contributed by atoms with Crippen LogP contribution in [0.2, 0.25) is 0 Å². The third-order valence-electron chi connectivity index (χ3n) is 1.96. The first kappa shape index (κ1) is 13.0. The summed E-state index contributed by atoms with van der Waals surface area (Å²) >= 11 is 0. The predicted molar refractivity (Wildman–Crippen MR) is 63.5 cm³/mol. The van der Waals surface area contributed by atoms with Crippen LogP contribution in [0.4, 0.5) is 11.9 Å². The largest absolute Gasteiger partial charge is 0.463 e. The van der Waals surface area contributed by atoms with Crippen molar-refractivity contribution in [2.75, 3.05) is 30.8 Å². The zero-order valence-electron chi connectivity index (χ0n) is 10.1. The highest BCUT2D eigenvalue weighted by Gasteiger charge is 2.09. The van der Waals surface area contributed by atoms with Crippen molar-refractivity contribution < 1.29 is 4.74 Å². The molecule has 0 saturated heterocycles. The van der Waals surface area contributed by atoms with Gasteiger partial charge in [-0.1, -0.05) is 6.92 Å². The summed E-state index contributed by atoms with van der Waals surface area (Å²) in [5, 5.41) is 8.51. The Morgan fingerprint density at radius 3 is 2.82 bits per heavy atom. The van der Waals surface area contributed by atoms with Gasteiger partial charge in [-0.15, -0.1) is 0 Å². The maximum atomic E-state index is 8.51. The number of nitrogen functional groups attached to an aromatic ring is 1. The SMILES string of the molecule is CCCOc1nc(N)nc(N(C)CCC#N)n1. The Hall–Kier alpha value is -2.10. The third kappa shape index (κ3) is 4.10. The normalized spacial score (nSPS) is 9.71. The fourth-order valence-electron chi connectivity index (χ4n) is 1.11. The molecule has 1 aromatic heterocycles. The van der Waals surface area contributed by atoms with E-state index < -0.39 is 0 Å². The fourth-order valence-corrected chi connectivity index (χ4v) is 1.11. The first-order valence-electron chi connectivity index (χ1n) is 5.39. The monoisotopic (exact) mass is 236 g/mol. The summed E-state index contributed by atoms with van der Waals surface area (Å²) in [4.78, 5) is 13.7. The molecule has 0 radical (unpaired) electrons. The number of hydrogen-bond donors (Lipinski definition) is 1. The van der Waals surface area contributed by atoms with Crippen LogP contribution in [0.3, 0.4) is 0 Å². The van der Waals surface area contributed by atoms with Crippen molar-refractivity contribution >= 4 is 11.9 Å². The second kappa shape index (κ2) is 6.48. The molecule has 0 aliphatic rings. The molecule has 0 bridgehead atoms. The summed E-state index contributed by atoms with van der Waals surface area (Å²) in [7, 11) is 1.79. The molecule has 17 heavy (non-hydrogen) atoms. The van der Waals surface area contributed by atoms with Crippen molar-refractivity contribution in [3.8, 4) is 12.1 Å². The summed E-state index contributed by atoms with van der Waals surface area (Å²) in [6.45, 7) is 3.06. The van der Waals surface area contributed by atoms with Crippen molar-refractivity contribution in [2.24, 2.45) is 0 Å². The summed E-state index contributed by atoms with van der Waals surface area (Å²) in [5.41, 5.74) is 5.56. The molecule has 0 aromatic carbocycles. The van der Waals surface area contributed by atoms with Crippen LogP contribution in [0.25, 0.3) is 0 Å². The Labute approximate surface area is 100 Å². The van der Waals surface area contributed by atoms with Crippen molar-refractivity contribution in [1.82, 2.24) is 15.0 Å². The van der Waals surface area contributed by atoms with Crippen LogP contribution in [-0.2, 0) is 0 Å². The van der Waals surface area contributed by atoms with Crippen LogP contribution in [0.15, 0.2) is 0 Å². The molecule has 0 saturated carbocycles. The van der Waals surface area contributed by atoms with Gasteiger partial charge < -0.3 is 15.4 Å². The average molecular weight is 236 g/mol. The summed E-state index contributed by atoms with van der Waals surface area (Å²) in [6, 6.07) is 2.28. The van der Waals surface area contributed by atoms with E-state index >= 15 is 0 Å². The minimum absolute atomic E-state index is 0.116. The number of rotatable bonds is 6. The first-order valence-corrected chi connectivity index (χ1v) is 5.39. The van der Waals surface area contributed by atoms with Crippen LogP contribution >= 0.6 is 0 Å². The molecule has 7 heteroatoms. The van der Waals surface area contributed by atoms with Gasteiger partial charge in [0.2, 0.25) is 11.9 Å². The molecule has 0 fully saturated rings. The highest BCUT2D eigenvalue weighted by Crippen LogP contribution is 2.12. The third-order valence-corrected chi connectivity index (χ3v) is 1.96. The smallest absolute Gasteiger partial charge is 0.323 e. The lowest BCUT2D eigenvalue weighted by molar-refractivity contribution is 0.292. The molecular formula is C10H16N6O. The van der Waals surface area contributed by atoms with Gasteiger partial charge in [-0.2, -0.15) is 20.2 Å². The zero-order valence-corrected chi connectivity index (χ0v) is 10.1. The van der Waals surface area contributed by atoms with E-state index in [1.165, 1.54) is 0 Å². The lowest BCUT2D eigenvalue weighted by Crippen LogP contribution is -2.22. The number of nitrogens with zero attached hydrogens (tertiary/aromatic N) is 5. The second-order valence-electron chi connectivity index (χ2n) is 3.45. The number of nitrogens with two attached hydrogens (primary N) is 1. The molecule has 92 valence electrons. The minimum Gasteiger partial charge on any atom is -0.463 e. The number of aromatic nitrogens is 3. The van der Waals surface area contributed by atoms with Gasteiger partial charge in [-0.3, -0.25) is 0 Å². The van der Waals surface area contributed by atoms with Gasteiger partial charge in [0.25, 0.3) is 0 Å². The van der Waals surface area contributed by atoms with Crippen LogP contribution in [-0.4, -0.2) is 35.2 Å². The van der Waals surface area contributed by atoms with Crippen LogP contribution in [0.1, 0.15) is 19.8 Å². The maximum Gasteiger partial charge on any atom is 0.323 e. The molecule has 1 heterocycles. The molecular weight excluding hydrogens is 220 g/mol. The fraction of sp³-hybridized carbons (Fsp3) is 0.600. The zero-order chi connectivity index (χ0) is 12.7. The van der Waals surface area contributed by atoms with E-state index in [1.54, 1.807) is 11.9 Å². The number of nitriles is 1. The number of ether oxygens (including phenoxy) is 1. The molecule has 0 atom stereocenters. The quantitative estimate of drug-likeness (QED) is 0.771. The van der Waals surface area contributed by atoms with Gasteiger partial charge in [0.05, 0.1) is 19.1 Å². The lowest BCUT2D eigenvalue weighted by Gasteiger charge is -2.15. The highest BCUT2D eigenvalue weighted by atomic mass is 16.5.